The summed E-state index contributed by atoms with van der Waals surface area (Å²) in [7, 11) is 0. The van der Waals surface area contributed by atoms with E-state index in [2.05, 4.69) is 15.0 Å². The molecular formula is C16H21N3O2. The van der Waals surface area contributed by atoms with E-state index in [4.69, 9.17) is 15.1 Å². The molecule has 2 N–H and O–H groups in total. The molecule has 0 radical (unpaired) electrons. The number of benzene rings is 1. The summed E-state index contributed by atoms with van der Waals surface area (Å²) in [6.45, 7) is -9.65. The van der Waals surface area contributed by atoms with Crippen LogP contribution in [-0.2, 0) is 17.5 Å². The number of fused-ring (bicyclic) bond motifs is 1. The number of likely N-dealkylation sites (N-methyl/N-ethyl adjacent to an activating group) is 1. The highest BCUT2D eigenvalue weighted by Crippen LogP contribution is 2.21. The van der Waals surface area contributed by atoms with E-state index in [0.29, 0.717) is 16.5 Å². The smallest absolute Gasteiger partial charge is 0.407 e. The highest BCUT2D eigenvalue weighted by Gasteiger charge is 2.22. The Bertz CT molecular complexity index is 1020. The predicted octanol–water partition coefficient (Wildman–Crippen LogP) is 1.92. The van der Waals surface area contributed by atoms with E-state index in [0.717, 1.165) is 0 Å². The molecule has 1 aliphatic rings. The Kier molecular flexibility index (Phi) is 1.65. The number of ether oxygens (including phenoxy) is 1. The number of carbonyl (C=O) groups excluding carboxylic acids is 1. The minimum Gasteiger partial charge on any atom is -0.447 e. The number of hydrogen-bond acceptors (Lipinski definition) is 3. The molecule has 0 aliphatic carbocycles. The molecule has 0 bridgehead atoms. The van der Waals surface area contributed by atoms with Crippen molar-refractivity contribution in [1.29, 1.82) is 0 Å². The maximum Gasteiger partial charge on any atom is 0.407 e. The van der Waals surface area contributed by atoms with Crippen molar-refractivity contribution in [2.24, 2.45) is 0 Å². The number of cyclic esters (lactones) is 1. The normalized spacial score (nSPS) is 33.8. The predicted molar refractivity (Wildman–Crippen MR) is 82.5 cm³/mol. The van der Waals surface area contributed by atoms with Crippen LogP contribution in [0.2, 0.25) is 0 Å². The van der Waals surface area contributed by atoms with E-state index < -0.39 is 45.5 Å². The summed E-state index contributed by atoms with van der Waals surface area (Å²) in [5, 5.41) is 2.44. The number of alkyl carbamates (subject to hydrolysis) is 1. The number of amides is 1. The Balaban J connectivity index is 1.97. The molecule has 112 valence electrons. The molecule has 2 heterocycles. The van der Waals surface area contributed by atoms with E-state index in [1.54, 1.807) is 12.1 Å². The Morgan fingerprint density at radius 2 is 2.52 bits per heavy atom. The largest absolute Gasteiger partial charge is 0.447 e. The van der Waals surface area contributed by atoms with Crippen molar-refractivity contribution in [1.82, 2.24) is 15.2 Å². The lowest BCUT2D eigenvalue weighted by atomic mass is 10.0. The zero-order valence-corrected chi connectivity index (χ0v) is 11.0. The first-order valence-electron chi connectivity index (χ1n) is 11.8. The van der Waals surface area contributed by atoms with Gasteiger partial charge in [0.1, 0.15) is 6.56 Å². The van der Waals surface area contributed by atoms with Crippen molar-refractivity contribution in [3.8, 4) is 0 Å². The third-order valence-corrected chi connectivity index (χ3v) is 3.07. The fourth-order valence-electron chi connectivity index (χ4n) is 2.15. The van der Waals surface area contributed by atoms with Crippen LogP contribution >= 0.6 is 0 Å². The third kappa shape index (κ3) is 3.19. The minimum atomic E-state index is -3.06. The fraction of sp³-hybridized carbons (Fsp3) is 0.438. The number of carbonyl (C=O) groups is 1. The van der Waals surface area contributed by atoms with E-state index in [-0.39, 0.29) is 16.9 Å². The average molecular weight is 298 g/mol. The monoisotopic (exact) mass is 298 g/mol. The molecule has 0 unspecified atom stereocenters. The second-order valence-electron chi connectivity index (χ2n) is 4.62. The SMILES string of the molecule is [2H]C([2H])(CN(C([2H])([2H])[2H])C([2H])([2H])[2H])c1c[nH]c2ccc(C[C@]3([2H])NC(=O)OC3([2H])[2H])cc12. The molecule has 0 spiro atoms. The zero-order chi connectivity index (χ0) is 24.3. The summed E-state index contributed by atoms with van der Waals surface area (Å²) >= 11 is 0. The maximum absolute atomic E-state index is 11.4. The van der Waals surface area contributed by atoms with Crippen LogP contribution in [-0.4, -0.2) is 49.1 Å². The molecule has 21 heavy (non-hydrogen) atoms. The average Bonchev–Trinajstić information content (AvgIpc) is 3.08. The van der Waals surface area contributed by atoms with Gasteiger partial charge in [0, 0.05) is 34.6 Å². The van der Waals surface area contributed by atoms with Gasteiger partial charge in [-0.1, -0.05) is 6.07 Å². The van der Waals surface area contributed by atoms with Crippen molar-refractivity contribution in [3.05, 3.63) is 35.5 Å². The standard InChI is InChI=1S/C16H21N3O2/c1-19(2)6-5-12-9-17-15-4-3-11(8-14(12)15)7-13-10-21-16(20)18-13/h3-4,8-9,13,17H,5-7,10H2,1-2H3,(H,18,20)/t13-/m0/s1/i1D3,2D3,5D2,10D2,13D. The number of H-pyrrole nitrogens is 1. The molecular weight excluding hydrogens is 266 g/mol. The van der Waals surface area contributed by atoms with Gasteiger partial charge >= 0.3 is 6.09 Å². The van der Waals surface area contributed by atoms with Gasteiger partial charge in [-0.05, 0) is 50.0 Å². The highest BCUT2D eigenvalue weighted by molar-refractivity contribution is 5.84. The first-order chi connectivity index (χ1) is 14.4. The summed E-state index contributed by atoms with van der Waals surface area (Å²) in [6.07, 6.45) is -2.45. The summed E-state index contributed by atoms with van der Waals surface area (Å²) in [4.78, 5) is 14.4. The summed E-state index contributed by atoms with van der Waals surface area (Å²) in [5.74, 6) is 0. The van der Waals surface area contributed by atoms with Crippen molar-refractivity contribution in [2.45, 2.75) is 18.8 Å². The number of aromatic nitrogens is 1. The Morgan fingerprint density at radius 1 is 1.62 bits per heavy atom. The topological polar surface area (TPSA) is 57.4 Å². The fourth-order valence-corrected chi connectivity index (χ4v) is 2.15. The lowest BCUT2D eigenvalue weighted by Gasteiger charge is -2.09. The van der Waals surface area contributed by atoms with Crippen molar-refractivity contribution < 1.29 is 24.6 Å². The number of hydrogen-bond donors (Lipinski definition) is 2. The van der Waals surface area contributed by atoms with Crippen LogP contribution in [0.3, 0.4) is 0 Å². The highest BCUT2D eigenvalue weighted by atomic mass is 16.6. The second kappa shape index (κ2) is 5.77. The van der Waals surface area contributed by atoms with E-state index in [1.807, 2.05) is 0 Å². The van der Waals surface area contributed by atoms with Gasteiger partial charge in [0.2, 0.25) is 0 Å². The van der Waals surface area contributed by atoms with E-state index in [1.165, 1.54) is 12.3 Å². The maximum atomic E-state index is 11.4. The first kappa shape index (κ1) is 6.01. The Labute approximate surface area is 139 Å². The van der Waals surface area contributed by atoms with Crippen LogP contribution in [0.15, 0.2) is 24.4 Å². The molecule has 1 atom stereocenters. The van der Waals surface area contributed by atoms with Gasteiger partial charge < -0.3 is 19.9 Å². The van der Waals surface area contributed by atoms with Crippen LogP contribution < -0.4 is 5.32 Å². The van der Waals surface area contributed by atoms with Crippen LogP contribution in [0.4, 0.5) is 4.79 Å². The molecule has 0 saturated carbocycles. The van der Waals surface area contributed by atoms with Gasteiger partial charge in [0.15, 0.2) is 0 Å². The van der Waals surface area contributed by atoms with Crippen molar-refractivity contribution in [2.75, 3.05) is 27.1 Å². The molecule has 5 nitrogen and oxygen atoms in total. The van der Waals surface area contributed by atoms with Crippen LogP contribution in [0.25, 0.3) is 10.9 Å². The van der Waals surface area contributed by atoms with Crippen LogP contribution in [0, 0.1) is 0 Å². The van der Waals surface area contributed by atoms with E-state index >= 15 is 0 Å². The van der Waals surface area contributed by atoms with Crippen molar-refractivity contribution >= 4 is 17.0 Å². The summed E-state index contributed by atoms with van der Waals surface area (Å²) < 4.78 is 90.0. The van der Waals surface area contributed by atoms with Crippen molar-refractivity contribution in [3.63, 3.8) is 0 Å². The van der Waals surface area contributed by atoms with Gasteiger partial charge in [0.05, 0.1) is 10.1 Å². The third-order valence-electron chi connectivity index (χ3n) is 3.07. The van der Waals surface area contributed by atoms with E-state index in [9.17, 15) is 4.79 Å². The number of aromatic amines is 1. The minimum absolute atomic E-state index is 0.00148. The lowest BCUT2D eigenvalue weighted by molar-refractivity contribution is 0.177. The zero-order valence-electron chi connectivity index (χ0n) is 22.0. The van der Waals surface area contributed by atoms with Crippen LogP contribution in [0.5, 0.6) is 0 Å². The van der Waals surface area contributed by atoms with Gasteiger partial charge in [-0.2, -0.15) is 0 Å². The molecule has 1 aromatic carbocycles. The molecule has 5 heteroatoms. The van der Waals surface area contributed by atoms with Gasteiger partial charge in [-0.3, -0.25) is 0 Å². The summed E-state index contributed by atoms with van der Waals surface area (Å²) in [6, 6.07) is 2.48. The molecule has 1 saturated heterocycles. The number of nitrogens with zero attached hydrogens (tertiary/aromatic N) is 1. The van der Waals surface area contributed by atoms with Crippen LogP contribution in [0.1, 0.15) is 26.2 Å². The Morgan fingerprint density at radius 3 is 3.29 bits per heavy atom. The molecule has 1 aliphatic heterocycles. The molecule has 1 aromatic heterocycles. The van der Waals surface area contributed by atoms with Gasteiger partial charge in [0.25, 0.3) is 0 Å². The summed E-state index contributed by atoms with van der Waals surface area (Å²) in [5.41, 5.74) is 0.847. The second-order valence-corrected chi connectivity index (χ2v) is 4.62. The quantitative estimate of drug-likeness (QED) is 0.887. The Hall–Kier alpha value is -2.01. The number of nitrogens with one attached hydrogen (secondary N) is 2. The van der Waals surface area contributed by atoms with Gasteiger partial charge in [-0.15, -0.1) is 0 Å². The molecule has 3 rings (SSSR count). The van der Waals surface area contributed by atoms with Gasteiger partial charge in [-0.25, -0.2) is 4.79 Å². The molecule has 1 amide bonds. The molecule has 2 aromatic rings. The lowest BCUT2D eigenvalue weighted by Crippen LogP contribution is -2.28. The first-order valence-corrected chi connectivity index (χ1v) is 6.25. The number of rotatable bonds is 5. The molecule has 1 fully saturated rings.